The van der Waals surface area contributed by atoms with Crippen molar-refractivity contribution in [3.63, 3.8) is 0 Å². The minimum atomic E-state index is -0.209. The number of nitrogens with one attached hydrogen (secondary N) is 2. The summed E-state index contributed by atoms with van der Waals surface area (Å²) in [4.78, 5) is 20.2. The number of halogens is 1. The Labute approximate surface area is 126 Å². The van der Waals surface area contributed by atoms with Gasteiger partial charge in [0.25, 0.3) is 5.91 Å². The highest BCUT2D eigenvalue weighted by Crippen LogP contribution is 2.18. The molecule has 1 heterocycles. The summed E-state index contributed by atoms with van der Waals surface area (Å²) in [5.74, 6) is 0.180. The summed E-state index contributed by atoms with van der Waals surface area (Å²) in [7, 11) is 0. The van der Waals surface area contributed by atoms with Crippen LogP contribution in [0.3, 0.4) is 0 Å². The van der Waals surface area contributed by atoms with E-state index >= 15 is 0 Å². The van der Waals surface area contributed by atoms with E-state index in [1.165, 1.54) is 0 Å². The molecule has 0 saturated carbocycles. The second-order valence-electron chi connectivity index (χ2n) is 4.53. The zero-order valence-electron chi connectivity index (χ0n) is 11.2. The topological polar surface area (TPSA) is 66.9 Å². The van der Waals surface area contributed by atoms with Crippen LogP contribution >= 0.6 is 15.9 Å². The molecule has 2 N–H and O–H groups in total. The fourth-order valence-electron chi connectivity index (χ4n) is 1.58. The minimum Gasteiger partial charge on any atom is -0.349 e. The second-order valence-corrected chi connectivity index (χ2v) is 5.44. The van der Waals surface area contributed by atoms with E-state index in [2.05, 4.69) is 36.5 Å². The molecule has 0 bridgehead atoms. The monoisotopic (exact) mass is 334 g/mol. The summed E-state index contributed by atoms with van der Waals surface area (Å²) in [6.45, 7) is 3.81. The second kappa shape index (κ2) is 6.47. The van der Waals surface area contributed by atoms with Gasteiger partial charge in [0.2, 0.25) is 5.95 Å². The molecule has 104 valence electrons. The number of anilines is 2. The van der Waals surface area contributed by atoms with E-state index in [-0.39, 0.29) is 11.9 Å². The number of benzene rings is 1. The van der Waals surface area contributed by atoms with E-state index < -0.39 is 0 Å². The molecule has 0 radical (unpaired) electrons. The van der Waals surface area contributed by atoms with Gasteiger partial charge in [0.1, 0.15) is 5.69 Å². The van der Waals surface area contributed by atoms with Gasteiger partial charge < -0.3 is 10.6 Å². The smallest absolute Gasteiger partial charge is 0.270 e. The van der Waals surface area contributed by atoms with Gasteiger partial charge in [-0.15, -0.1) is 0 Å². The van der Waals surface area contributed by atoms with Gasteiger partial charge in [0.05, 0.1) is 0 Å². The normalized spacial score (nSPS) is 10.4. The van der Waals surface area contributed by atoms with Crippen LogP contribution in [0.1, 0.15) is 24.3 Å². The third-order valence-corrected chi connectivity index (χ3v) is 2.88. The molecule has 20 heavy (non-hydrogen) atoms. The lowest BCUT2D eigenvalue weighted by molar-refractivity contribution is 0.0938. The van der Waals surface area contributed by atoms with Crippen LogP contribution in [-0.4, -0.2) is 21.9 Å². The van der Waals surface area contributed by atoms with Crippen LogP contribution in [0, 0.1) is 0 Å². The summed E-state index contributed by atoms with van der Waals surface area (Å²) in [5.41, 5.74) is 1.19. The predicted octanol–water partition coefficient (Wildman–Crippen LogP) is 3.12. The molecular formula is C14H15BrN4O. The van der Waals surface area contributed by atoms with Crippen LogP contribution in [0.15, 0.2) is 41.0 Å². The maximum absolute atomic E-state index is 11.9. The molecule has 1 aromatic heterocycles. The molecule has 0 aliphatic carbocycles. The van der Waals surface area contributed by atoms with Crippen LogP contribution in [-0.2, 0) is 0 Å². The largest absolute Gasteiger partial charge is 0.349 e. The van der Waals surface area contributed by atoms with Gasteiger partial charge in [-0.2, -0.15) is 0 Å². The van der Waals surface area contributed by atoms with Crippen molar-refractivity contribution in [1.82, 2.24) is 15.3 Å². The van der Waals surface area contributed by atoms with E-state index in [0.29, 0.717) is 11.6 Å². The average molecular weight is 335 g/mol. The van der Waals surface area contributed by atoms with Crippen LogP contribution in [0.5, 0.6) is 0 Å². The van der Waals surface area contributed by atoms with Gasteiger partial charge in [-0.1, -0.05) is 22.0 Å². The van der Waals surface area contributed by atoms with Crippen LogP contribution < -0.4 is 10.6 Å². The van der Waals surface area contributed by atoms with Crippen molar-refractivity contribution in [1.29, 1.82) is 0 Å². The third kappa shape index (κ3) is 4.03. The molecule has 1 aromatic carbocycles. The van der Waals surface area contributed by atoms with Crippen molar-refractivity contribution >= 4 is 33.5 Å². The highest BCUT2D eigenvalue weighted by Gasteiger charge is 2.09. The number of hydrogen-bond acceptors (Lipinski definition) is 4. The van der Waals surface area contributed by atoms with Crippen molar-refractivity contribution in [2.24, 2.45) is 0 Å². The number of hydrogen-bond donors (Lipinski definition) is 2. The summed E-state index contributed by atoms with van der Waals surface area (Å²) in [6, 6.07) is 9.29. The number of amides is 1. The number of aromatic nitrogens is 2. The maximum atomic E-state index is 11.9. The number of carbonyl (C=O) groups excluding carboxylic acids is 1. The third-order valence-electron chi connectivity index (χ3n) is 2.39. The highest BCUT2D eigenvalue weighted by molar-refractivity contribution is 9.10. The van der Waals surface area contributed by atoms with Gasteiger partial charge in [0, 0.05) is 22.4 Å². The van der Waals surface area contributed by atoms with Gasteiger partial charge in [0.15, 0.2) is 0 Å². The molecule has 0 aliphatic heterocycles. The lowest BCUT2D eigenvalue weighted by Gasteiger charge is -2.09. The molecule has 0 aliphatic rings. The van der Waals surface area contributed by atoms with Gasteiger partial charge in [-0.25, -0.2) is 9.97 Å². The molecule has 2 aromatic rings. The summed E-state index contributed by atoms with van der Waals surface area (Å²) >= 11 is 3.40. The molecule has 6 heteroatoms. The number of carbonyl (C=O) groups is 1. The Morgan fingerprint density at radius 2 is 2.10 bits per heavy atom. The van der Waals surface area contributed by atoms with Crippen molar-refractivity contribution in [3.8, 4) is 0 Å². The number of nitrogens with zero attached hydrogens (tertiary/aromatic N) is 2. The lowest BCUT2D eigenvalue weighted by Crippen LogP contribution is -2.30. The van der Waals surface area contributed by atoms with E-state index in [1.54, 1.807) is 12.3 Å². The number of rotatable bonds is 4. The van der Waals surface area contributed by atoms with Gasteiger partial charge >= 0.3 is 0 Å². The first-order valence-electron chi connectivity index (χ1n) is 6.21. The zero-order valence-corrected chi connectivity index (χ0v) is 12.8. The maximum Gasteiger partial charge on any atom is 0.270 e. The summed E-state index contributed by atoms with van der Waals surface area (Å²) < 4.78 is 0.955. The predicted molar refractivity (Wildman–Crippen MR) is 82.1 cm³/mol. The van der Waals surface area contributed by atoms with E-state index in [9.17, 15) is 4.79 Å². The van der Waals surface area contributed by atoms with Crippen molar-refractivity contribution in [2.75, 3.05) is 5.32 Å². The minimum absolute atomic E-state index is 0.0685. The van der Waals surface area contributed by atoms with E-state index in [0.717, 1.165) is 10.2 Å². The molecule has 2 rings (SSSR count). The lowest BCUT2D eigenvalue weighted by atomic mass is 10.3. The van der Waals surface area contributed by atoms with Crippen molar-refractivity contribution in [2.45, 2.75) is 19.9 Å². The highest BCUT2D eigenvalue weighted by atomic mass is 79.9. The average Bonchev–Trinajstić information content (AvgIpc) is 2.38. The van der Waals surface area contributed by atoms with Crippen LogP contribution in [0.2, 0.25) is 0 Å². The Morgan fingerprint density at radius 3 is 2.80 bits per heavy atom. The van der Waals surface area contributed by atoms with E-state index in [1.807, 2.05) is 38.1 Å². The molecule has 0 spiro atoms. The molecule has 0 unspecified atom stereocenters. The summed E-state index contributed by atoms with van der Waals surface area (Å²) in [6.07, 6.45) is 1.56. The first kappa shape index (κ1) is 14.5. The quantitative estimate of drug-likeness (QED) is 0.901. The first-order valence-corrected chi connectivity index (χ1v) is 7.00. The molecule has 0 atom stereocenters. The Kier molecular flexibility index (Phi) is 4.68. The van der Waals surface area contributed by atoms with Crippen LogP contribution in [0.4, 0.5) is 11.6 Å². The van der Waals surface area contributed by atoms with Crippen molar-refractivity contribution < 1.29 is 4.79 Å². The van der Waals surface area contributed by atoms with E-state index in [4.69, 9.17) is 0 Å². The first-order chi connectivity index (χ1) is 9.54. The summed E-state index contributed by atoms with van der Waals surface area (Å²) in [5, 5.41) is 5.86. The molecular weight excluding hydrogens is 320 g/mol. The molecule has 0 saturated heterocycles. The Hall–Kier alpha value is -1.95. The Morgan fingerprint density at radius 1 is 1.30 bits per heavy atom. The molecule has 1 amide bonds. The van der Waals surface area contributed by atoms with Gasteiger partial charge in [-0.3, -0.25) is 4.79 Å². The van der Waals surface area contributed by atoms with Crippen LogP contribution in [0.25, 0.3) is 0 Å². The zero-order chi connectivity index (χ0) is 14.5. The fraction of sp³-hybridized carbons (Fsp3) is 0.214. The Bertz CT molecular complexity index is 616. The molecule has 0 fully saturated rings. The van der Waals surface area contributed by atoms with Crippen molar-refractivity contribution in [3.05, 3.63) is 46.7 Å². The molecule has 5 nitrogen and oxygen atoms in total. The fourth-order valence-corrected chi connectivity index (χ4v) is 1.98. The van der Waals surface area contributed by atoms with Gasteiger partial charge in [-0.05, 0) is 38.1 Å². The SMILES string of the molecule is CC(C)NC(=O)c1ccnc(Nc2cccc(Br)c2)n1. The Balaban J connectivity index is 2.15. The standard InChI is InChI=1S/C14H15BrN4O/c1-9(2)17-13(20)12-6-7-16-14(19-12)18-11-5-3-4-10(15)8-11/h3-9H,1-2H3,(H,17,20)(H,16,18,19).